The van der Waals surface area contributed by atoms with E-state index in [1.807, 2.05) is 43.5 Å². The number of hydrogen-bond acceptors (Lipinski definition) is 7. The van der Waals surface area contributed by atoms with Gasteiger partial charge in [0.05, 0.1) is 23.5 Å². The zero-order chi connectivity index (χ0) is 21.5. The molecule has 2 N–H and O–H groups in total. The molecule has 0 saturated carbocycles. The second-order valence-corrected chi connectivity index (χ2v) is 8.34. The molecule has 0 saturated heterocycles. The Morgan fingerprint density at radius 1 is 1.07 bits per heavy atom. The third kappa shape index (κ3) is 5.98. The number of nitrogens with one attached hydrogen (secondary N) is 2. The van der Waals surface area contributed by atoms with Crippen LogP contribution in [-0.4, -0.2) is 35.9 Å². The SMILES string of the molecule is Cc1cccc(NC(=O)CNC(=O)COC(=O)Cc2csc(-c3cccs3)n2)c1C. The Morgan fingerprint density at radius 3 is 2.67 bits per heavy atom. The molecule has 9 heteroatoms. The number of hydrogen-bond donors (Lipinski definition) is 2. The molecule has 3 aromatic rings. The maximum absolute atomic E-state index is 12.0. The number of carbonyl (C=O) groups is 3. The predicted molar refractivity (Wildman–Crippen MR) is 118 cm³/mol. The summed E-state index contributed by atoms with van der Waals surface area (Å²) in [5, 5.41) is 9.80. The van der Waals surface area contributed by atoms with Crippen LogP contribution in [0.1, 0.15) is 16.8 Å². The molecule has 2 aromatic heterocycles. The maximum Gasteiger partial charge on any atom is 0.312 e. The Labute approximate surface area is 182 Å². The van der Waals surface area contributed by atoms with Crippen molar-refractivity contribution in [3.63, 3.8) is 0 Å². The van der Waals surface area contributed by atoms with Crippen LogP contribution in [0.2, 0.25) is 0 Å². The second kappa shape index (κ2) is 10.1. The molecule has 0 aliphatic heterocycles. The van der Waals surface area contributed by atoms with Crippen molar-refractivity contribution in [2.75, 3.05) is 18.5 Å². The van der Waals surface area contributed by atoms with Gasteiger partial charge in [0.25, 0.3) is 5.91 Å². The summed E-state index contributed by atoms with van der Waals surface area (Å²) >= 11 is 3.03. The first-order valence-electron chi connectivity index (χ1n) is 9.19. The summed E-state index contributed by atoms with van der Waals surface area (Å²) in [6.07, 6.45) is -0.0116. The number of esters is 1. The Morgan fingerprint density at radius 2 is 1.90 bits per heavy atom. The van der Waals surface area contributed by atoms with Gasteiger partial charge in [0.2, 0.25) is 5.91 Å². The molecule has 0 aliphatic rings. The van der Waals surface area contributed by atoms with E-state index in [0.717, 1.165) is 21.0 Å². The Hall–Kier alpha value is -3.04. The molecule has 0 aliphatic carbocycles. The van der Waals surface area contributed by atoms with Crippen molar-refractivity contribution in [3.8, 4) is 9.88 Å². The number of ether oxygens (including phenoxy) is 1. The van der Waals surface area contributed by atoms with E-state index in [1.165, 1.54) is 11.3 Å². The fourth-order valence-corrected chi connectivity index (χ4v) is 4.19. The van der Waals surface area contributed by atoms with Gasteiger partial charge >= 0.3 is 5.97 Å². The van der Waals surface area contributed by atoms with Crippen LogP contribution >= 0.6 is 22.7 Å². The zero-order valence-corrected chi connectivity index (χ0v) is 18.2. The monoisotopic (exact) mass is 443 g/mol. The van der Waals surface area contributed by atoms with Crippen molar-refractivity contribution in [1.29, 1.82) is 0 Å². The fraction of sp³-hybridized carbons (Fsp3) is 0.238. The highest BCUT2D eigenvalue weighted by Gasteiger charge is 2.13. The number of anilines is 1. The molecule has 0 radical (unpaired) electrons. The minimum absolute atomic E-state index is 0.0116. The van der Waals surface area contributed by atoms with E-state index in [4.69, 9.17) is 4.74 Å². The molecular formula is C21H21N3O4S2. The lowest BCUT2D eigenvalue weighted by Gasteiger charge is -2.11. The van der Waals surface area contributed by atoms with Crippen LogP contribution in [0, 0.1) is 13.8 Å². The molecule has 0 fully saturated rings. The third-order valence-electron chi connectivity index (χ3n) is 4.30. The van der Waals surface area contributed by atoms with E-state index in [2.05, 4.69) is 15.6 Å². The van der Waals surface area contributed by atoms with Crippen molar-refractivity contribution in [1.82, 2.24) is 10.3 Å². The molecule has 0 unspecified atom stereocenters. The second-order valence-electron chi connectivity index (χ2n) is 6.53. The molecule has 0 bridgehead atoms. The topological polar surface area (TPSA) is 97.4 Å². The molecule has 7 nitrogen and oxygen atoms in total. The first-order chi connectivity index (χ1) is 14.4. The van der Waals surface area contributed by atoms with Crippen LogP contribution < -0.4 is 10.6 Å². The number of aromatic nitrogens is 1. The van der Waals surface area contributed by atoms with Gasteiger partial charge in [-0.25, -0.2) is 4.98 Å². The molecule has 30 heavy (non-hydrogen) atoms. The van der Waals surface area contributed by atoms with E-state index in [9.17, 15) is 14.4 Å². The van der Waals surface area contributed by atoms with Crippen molar-refractivity contribution < 1.29 is 19.1 Å². The lowest BCUT2D eigenvalue weighted by atomic mass is 10.1. The van der Waals surface area contributed by atoms with Gasteiger partial charge in [0.1, 0.15) is 5.01 Å². The number of benzene rings is 1. The van der Waals surface area contributed by atoms with Crippen LogP contribution in [0.4, 0.5) is 5.69 Å². The standard InChI is InChI=1S/C21H21N3O4S2/c1-13-5-3-6-16(14(13)2)24-18(25)10-22-19(26)11-28-20(27)9-15-12-30-21(23-15)17-7-4-8-29-17/h3-8,12H,9-11H2,1-2H3,(H,22,26)(H,24,25). The average molecular weight is 444 g/mol. The minimum atomic E-state index is -0.548. The smallest absolute Gasteiger partial charge is 0.312 e. The highest BCUT2D eigenvalue weighted by atomic mass is 32.1. The normalized spacial score (nSPS) is 10.5. The summed E-state index contributed by atoms with van der Waals surface area (Å²) in [5.74, 6) is -1.45. The lowest BCUT2D eigenvalue weighted by Crippen LogP contribution is -2.35. The summed E-state index contributed by atoms with van der Waals surface area (Å²) in [6, 6.07) is 9.51. The van der Waals surface area contributed by atoms with Crippen LogP contribution in [0.25, 0.3) is 9.88 Å². The van der Waals surface area contributed by atoms with Crippen LogP contribution in [0.15, 0.2) is 41.1 Å². The van der Waals surface area contributed by atoms with E-state index in [-0.39, 0.29) is 18.9 Å². The summed E-state index contributed by atoms with van der Waals surface area (Å²) < 4.78 is 4.98. The predicted octanol–water partition coefficient (Wildman–Crippen LogP) is 3.33. The number of rotatable bonds is 8. The van der Waals surface area contributed by atoms with Gasteiger partial charge in [-0.05, 0) is 42.5 Å². The minimum Gasteiger partial charge on any atom is -0.455 e. The average Bonchev–Trinajstić information content (AvgIpc) is 3.40. The zero-order valence-electron chi connectivity index (χ0n) is 16.6. The quantitative estimate of drug-likeness (QED) is 0.521. The van der Waals surface area contributed by atoms with Crippen molar-refractivity contribution in [3.05, 3.63) is 57.9 Å². The van der Waals surface area contributed by atoms with Gasteiger partial charge in [0.15, 0.2) is 6.61 Å². The van der Waals surface area contributed by atoms with Crippen LogP contribution in [0.5, 0.6) is 0 Å². The Balaban J connectivity index is 1.38. The highest BCUT2D eigenvalue weighted by molar-refractivity contribution is 7.20. The highest BCUT2D eigenvalue weighted by Crippen LogP contribution is 2.27. The van der Waals surface area contributed by atoms with Crippen molar-refractivity contribution in [2.24, 2.45) is 0 Å². The molecule has 156 valence electrons. The van der Waals surface area contributed by atoms with Gasteiger partial charge in [-0.3, -0.25) is 14.4 Å². The molecule has 2 heterocycles. The Kier molecular flexibility index (Phi) is 7.31. The van der Waals surface area contributed by atoms with E-state index in [0.29, 0.717) is 11.4 Å². The summed E-state index contributed by atoms with van der Waals surface area (Å²) in [6.45, 7) is 3.21. The van der Waals surface area contributed by atoms with Gasteiger partial charge in [-0.2, -0.15) is 0 Å². The van der Waals surface area contributed by atoms with Gasteiger partial charge in [0, 0.05) is 11.1 Å². The van der Waals surface area contributed by atoms with E-state index < -0.39 is 18.5 Å². The van der Waals surface area contributed by atoms with Crippen molar-refractivity contribution >= 4 is 46.1 Å². The molecule has 0 atom stereocenters. The van der Waals surface area contributed by atoms with E-state index >= 15 is 0 Å². The number of nitrogens with zero attached hydrogens (tertiary/aromatic N) is 1. The number of carbonyl (C=O) groups excluding carboxylic acids is 3. The molecule has 0 spiro atoms. The first-order valence-corrected chi connectivity index (χ1v) is 10.9. The molecule has 3 rings (SSSR count). The number of thiophene rings is 1. The van der Waals surface area contributed by atoms with Gasteiger partial charge < -0.3 is 15.4 Å². The number of aryl methyl sites for hydroxylation is 1. The van der Waals surface area contributed by atoms with E-state index in [1.54, 1.807) is 22.8 Å². The third-order valence-corrected chi connectivity index (χ3v) is 6.23. The molecule has 2 amide bonds. The number of thiazole rings is 1. The van der Waals surface area contributed by atoms with Crippen LogP contribution in [-0.2, 0) is 25.5 Å². The number of amides is 2. The summed E-state index contributed by atoms with van der Waals surface area (Å²) in [7, 11) is 0. The molecule has 1 aromatic carbocycles. The summed E-state index contributed by atoms with van der Waals surface area (Å²) in [4.78, 5) is 41.3. The maximum atomic E-state index is 12.0. The largest absolute Gasteiger partial charge is 0.455 e. The Bertz CT molecular complexity index is 1040. The summed E-state index contributed by atoms with van der Waals surface area (Å²) in [5.41, 5.74) is 3.33. The molecular weight excluding hydrogens is 422 g/mol. The lowest BCUT2D eigenvalue weighted by molar-refractivity contribution is -0.147. The van der Waals surface area contributed by atoms with Crippen molar-refractivity contribution in [2.45, 2.75) is 20.3 Å². The first kappa shape index (κ1) is 21.7. The van der Waals surface area contributed by atoms with Gasteiger partial charge in [-0.15, -0.1) is 22.7 Å². The van der Waals surface area contributed by atoms with Crippen LogP contribution in [0.3, 0.4) is 0 Å². The fourth-order valence-electron chi connectivity index (χ4n) is 2.56. The van der Waals surface area contributed by atoms with Gasteiger partial charge in [-0.1, -0.05) is 18.2 Å².